The normalized spacial score (nSPS) is 16.7. The maximum Gasteiger partial charge on any atom is 0.274 e. The fraction of sp³-hybridized carbons (Fsp3) is 0.455. The van der Waals surface area contributed by atoms with Crippen molar-refractivity contribution in [3.63, 3.8) is 0 Å². The molecule has 1 N–H and O–H groups in total. The van der Waals surface area contributed by atoms with Gasteiger partial charge in [0.1, 0.15) is 18.1 Å². The first-order valence-electron chi connectivity index (χ1n) is 10.7. The number of carbonyl (C=O) groups excluding carboxylic acids is 2. The van der Waals surface area contributed by atoms with Gasteiger partial charge in [-0.15, -0.1) is 0 Å². The zero-order chi connectivity index (χ0) is 21.6. The summed E-state index contributed by atoms with van der Waals surface area (Å²) in [5, 5.41) is 7.23. The quantitative estimate of drug-likeness (QED) is 0.656. The Morgan fingerprint density at radius 1 is 1.03 bits per heavy atom. The number of hydrogen-bond donors (Lipinski definition) is 1. The first kappa shape index (κ1) is 21.0. The second kappa shape index (κ2) is 9.74. The van der Waals surface area contributed by atoms with Crippen LogP contribution in [0.2, 0.25) is 0 Å². The van der Waals surface area contributed by atoms with E-state index in [1.165, 1.54) is 16.8 Å². The number of aromatic nitrogens is 2. The number of hydrogen-bond acceptors (Lipinski definition) is 6. The molecule has 4 rings (SSSR count). The van der Waals surface area contributed by atoms with Gasteiger partial charge in [-0.05, 0) is 31.0 Å². The summed E-state index contributed by atoms with van der Waals surface area (Å²) in [6.07, 6.45) is 2.14. The highest BCUT2D eigenvalue weighted by molar-refractivity contribution is 5.92. The van der Waals surface area contributed by atoms with E-state index in [1.807, 2.05) is 30.3 Å². The van der Waals surface area contributed by atoms with Crippen LogP contribution in [0.25, 0.3) is 0 Å². The molecule has 9 heteroatoms. The lowest BCUT2D eigenvalue weighted by atomic mass is 10.2. The van der Waals surface area contributed by atoms with Crippen molar-refractivity contribution in [1.82, 2.24) is 24.9 Å². The topological polar surface area (TPSA) is 96.8 Å². The van der Waals surface area contributed by atoms with E-state index in [0.717, 1.165) is 12.8 Å². The van der Waals surface area contributed by atoms with Crippen LogP contribution in [-0.2, 0) is 11.3 Å². The molecule has 1 saturated heterocycles. The molecule has 164 valence electrons. The lowest BCUT2D eigenvalue weighted by Gasteiger charge is -2.34. The fourth-order valence-electron chi connectivity index (χ4n) is 3.47. The van der Waals surface area contributed by atoms with E-state index in [4.69, 9.17) is 4.74 Å². The van der Waals surface area contributed by atoms with E-state index in [2.05, 4.69) is 15.3 Å². The molecule has 0 atom stereocenters. The predicted molar refractivity (Wildman–Crippen MR) is 114 cm³/mol. The molecule has 0 spiro atoms. The van der Waals surface area contributed by atoms with Crippen LogP contribution in [0.15, 0.2) is 47.3 Å². The molecule has 2 aromatic rings. The Balaban J connectivity index is 1.28. The Kier molecular flexibility index (Phi) is 6.61. The molecule has 1 aliphatic carbocycles. The summed E-state index contributed by atoms with van der Waals surface area (Å²) in [5.74, 6) is 0.556. The smallest absolute Gasteiger partial charge is 0.274 e. The number of nitrogens with one attached hydrogen (secondary N) is 1. The number of piperazine rings is 1. The van der Waals surface area contributed by atoms with Gasteiger partial charge in [0, 0.05) is 38.3 Å². The molecule has 1 aromatic carbocycles. The van der Waals surface area contributed by atoms with E-state index in [1.54, 1.807) is 4.90 Å². The SMILES string of the molecule is O=C(CN1CCN(C(=O)c2ccc(=O)n(CCOc3ccccc3)n2)CC1)NC1CC1. The lowest BCUT2D eigenvalue weighted by Crippen LogP contribution is -2.51. The van der Waals surface area contributed by atoms with Gasteiger partial charge in [-0.1, -0.05) is 18.2 Å². The maximum atomic E-state index is 12.9. The van der Waals surface area contributed by atoms with Crippen molar-refractivity contribution >= 4 is 11.8 Å². The Bertz CT molecular complexity index is 965. The molecule has 0 radical (unpaired) electrons. The van der Waals surface area contributed by atoms with Gasteiger partial charge < -0.3 is 15.0 Å². The third kappa shape index (κ3) is 5.91. The van der Waals surface area contributed by atoms with Crippen LogP contribution in [0, 0.1) is 0 Å². The molecule has 1 aliphatic heterocycles. The Hall–Kier alpha value is -3.20. The highest BCUT2D eigenvalue weighted by Gasteiger charge is 2.27. The van der Waals surface area contributed by atoms with Crippen LogP contribution in [0.4, 0.5) is 0 Å². The van der Waals surface area contributed by atoms with Crippen molar-refractivity contribution in [3.8, 4) is 5.75 Å². The number of nitrogens with zero attached hydrogens (tertiary/aromatic N) is 4. The van der Waals surface area contributed by atoms with Crippen molar-refractivity contribution in [1.29, 1.82) is 0 Å². The minimum Gasteiger partial charge on any atom is -0.492 e. The van der Waals surface area contributed by atoms with Crippen LogP contribution in [0.5, 0.6) is 5.75 Å². The number of para-hydroxylation sites is 1. The highest BCUT2D eigenvalue weighted by atomic mass is 16.5. The predicted octanol–water partition coefficient (Wildman–Crippen LogP) is 0.359. The van der Waals surface area contributed by atoms with Crippen molar-refractivity contribution < 1.29 is 14.3 Å². The summed E-state index contributed by atoms with van der Waals surface area (Å²) in [6.45, 7) is 3.20. The zero-order valence-electron chi connectivity index (χ0n) is 17.4. The third-order valence-electron chi connectivity index (χ3n) is 5.37. The van der Waals surface area contributed by atoms with Crippen molar-refractivity contribution in [2.45, 2.75) is 25.4 Å². The standard InChI is InChI=1S/C22H27N5O4/c28-20(23-17-6-7-17)16-25-10-12-26(13-11-25)22(30)19-8-9-21(29)27(24-19)14-15-31-18-4-2-1-3-5-18/h1-5,8-9,17H,6-7,10-16H2,(H,23,28). The summed E-state index contributed by atoms with van der Waals surface area (Å²) >= 11 is 0. The molecule has 2 fully saturated rings. The van der Waals surface area contributed by atoms with Crippen LogP contribution >= 0.6 is 0 Å². The zero-order valence-corrected chi connectivity index (χ0v) is 17.4. The Morgan fingerprint density at radius 2 is 1.77 bits per heavy atom. The van der Waals surface area contributed by atoms with Crippen molar-refractivity contribution in [3.05, 3.63) is 58.5 Å². The molecular weight excluding hydrogens is 398 g/mol. The molecular formula is C22H27N5O4. The molecule has 0 unspecified atom stereocenters. The number of amides is 2. The molecule has 1 saturated carbocycles. The monoisotopic (exact) mass is 425 g/mol. The molecule has 2 aliphatic rings. The maximum absolute atomic E-state index is 12.9. The minimum atomic E-state index is -0.278. The van der Waals surface area contributed by atoms with E-state index in [0.29, 0.717) is 44.5 Å². The van der Waals surface area contributed by atoms with Crippen LogP contribution in [-0.4, -0.2) is 76.8 Å². The summed E-state index contributed by atoms with van der Waals surface area (Å²) in [4.78, 5) is 40.7. The van der Waals surface area contributed by atoms with Crippen LogP contribution in [0.1, 0.15) is 23.3 Å². The van der Waals surface area contributed by atoms with Crippen molar-refractivity contribution in [2.24, 2.45) is 0 Å². The number of rotatable bonds is 8. The van der Waals surface area contributed by atoms with E-state index < -0.39 is 0 Å². The van der Waals surface area contributed by atoms with Gasteiger partial charge in [-0.25, -0.2) is 4.68 Å². The van der Waals surface area contributed by atoms with Gasteiger partial charge in [0.25, 0.3) is 11.5 Å². The van der Waals surface area contributed by atoms with Gasteiger partial charge in [-0.3, -0.25) is 19.3 Å². The van der Waals surface area contributed by atoms with Gasteiger partial charge in [0.15, 0.2) is 0 Å². The van der Waals surface area contributed by atoms with Gasteiger partial charge in [0.2, 0.25) is 5.91 Å². The number of benzene rings is 1. The van der Waals surface area contributed by atoms with E-state index >= 15 is 0 Å². The van der Waals surface area contributed by atoms with Crippen LogP contribution in [0.3, 0.4) is 0 Å². The lowest BCUT2D eigenvalue weighted by molar-refractivity contribution is -0.122. The van der Waals surface area contributed by atoms with E-state index in [9.17, 15) is 14.4 Å². The second-order valence-electron chi connectivity index (χ2n) is 7.85. The van der Waals surface area contributed by atoms with Crippen LogP contribution < -0.4 is 15.6 Å². The van der Waals surface area contributed by atoms with E-state index in [-0.39, 0.29) is 36.2 Å². The molecule has 2 heterocycles. The Morgan fingerprint density at radius 3 is 2.48 bits per heavy atom. The Labute approximate surface area is 180 Å². The van der Waals surface area contributed by atoms with Crippen molar-refractivity contribution in [2.75, 3.05) is 39.3 Å². The summed E-state index contributed by atoms with van der Waals surface area (Å²) in [5.41, 5.74) is -0.0426. The summed E-state index contributed by atoms with van der Waals surface area (Å²) in [6, 6.07) is 12.5. The fourth-order valence-corrected chi connectivity index (χ4v) is 3.47. The van der Waals surface area contributed by atoms with Gasteiger partial charge in [-0.2, -0.15) is 5.10 Å². The summed E-state index contributed by atoms with van der Waals surface area (Å²) in [7, 11) is 0. The average Bonchev–Trinajstić information content (AvgIpc) is 3.60. The highest BCUT2D eigenvalue weighted by Crippen LogP contribution is 2.18. The van der Waals surface area contributed by atoms with Gasteiger partial charge in [0.05, 0.1) is 13.1 Å². The molecule has 1 aromatic heterocycles. The first-order chi connectivity index (χ1) is 15.1. The molecule has 2 amide bonds. The largest absolute Gasteiger partial charge is 0.492 e. The summed E-state index contributed by atoms with van der Waals surface area (Å²) < 4.78 is 6.88. The third-order valence-corrected chi connectivity index (χ3v) is 5.37. The number of ether oxygens (including phenoxy) is 1. The molecule has 0 bridgehead atoms. The second-order valence-corrected chi connectivity index (χ2v) is 7.85. The van der Waals surface area contributed by atoms with Gasteiger partial charge >= 0.3 is 0 Å². The average molecular weight is 425 g/mol. The minimum absolute atomic E-state index is 0.0498. The number of carbonyl (C=O) groups is 2. The molecule has 31 heavy (non-hydrogen) atoms. The first-order valence-corrected chi connectivity index (χ1v) is 10.7. The molecule has 9 nitrogen and oxygen atoms in total.